The maximum atomic E-state index is 10.3. The summed E-state index contributed by atoms with van der Waals surface area (Å²) < 4.78 is 4.56. The number of fused-ring (bicyclic) bond motifs is 6. The summed E-state index contributed by atoms with van der Waals surface area (Å²) in [5.41, 5.74) is 19.3. The van der Waals surface area contributed by atoms with Crippen molar-refractivity contribution in [1.82, 2.24) is 54.0 Å². The average molecular weight is 1410 g/mol. The lowest BCUT2D eigenvalue weighted by Gasteiger charge is -2.18. The Hall–Kier alpha value is -15.8. The zero-order valence-electron chi connectivity index (χ0n) is 58.6. The minimum atomic E-state index is 0.381. The molecule has 5 heterocycles. The Bertz CT molecular complexity index is 6860. The van der Waals surface area contributed by atoms with E-state index in [4.69, 9.17) is 44.9 Å². The van der Waals surface area contributed by atoms with Gasteiger partial charge in [-0.05, 0) is 149 Å². The first kappa shape index (κ1) is 65.0. The number of nitrogens with zero attached hydrogens (tertiary/aromatic N) is 14. The summed E-state index contributed by atoms with van der Waals surface area (Å²) >= 11 is 0. The van der Waals surface area contributed by atoms with Gasteiger partial charge in [-0.3, -0.25) is 0 Å². The van der Waals surface area contributed by atoms with Gasteiger partial charge < -0.3 is 9.13 Å². The lowest BCUT2D eigenvalue weighted by molar-refractivity contribution is 1.06. The van der Waals surface area contributed by atoms with Crippen molar-refractivity contribution in [2.75, 3.05) is 0 Å². The molecule has 0 unspecified atom stereocenters. The van der Waals surface area contributed by atoms with Crippen molar-refractivity contribution < 1.29 is 0 Å². The van der Waals surface area contributed by atoms with E-state index in [1.54, 1.807) is 0 Å². The Morgan fingerprint density at radius 2 is 0.464 bits per heavy atom. The van der Waals surface area contributed by atoms with Crippen LogP contribution in [0.25, 0.3) is 191 Å². The lowest BCUT2D eigenvalue weighted by Crippen LogP contribution is -2.06. The molecule has 0 fully saturated rings. The van der Waals surface area contributed by atoms with Crippen LogP contribution in [0.3, 0.4) is 0 Å². The van der Waals surface area contributed by atoms with Crippen LogP contribution in [0.5, 0.6) is 0 Å². The Morgan fingerprint density at radius 3 is 0.873 bits per heavy atom. The van der Waals surface area contributed by atoms with Crippen LogP contribution in [-0.4, -0.2) is 54.0 Å². The maximum Gasteiger partial charge on any atom is 0.166 e. The van der Waals surface area contributed by atoms with Crippen LogP contribution in [0.4, 0.5) is 0 Å². The third-order valence-corrected chi connectivity index (χ3v) is 20.0. The molecule has 0 bridgehead atoms. The summed E-state index contributed by atoms with van der Waals surface area (Å²) in [7, 11) is 0. The Labute approximate surface area is 631 Å². The highest BCUT2D eigenvalue weighted by Gasteiger charge is 2.26. The van der Waals surface area contributed by atoms with Crippen LogP contribution >= 0.6 is 0 Å². The van der Waals surface area contributed by atoms with Gasteiger partial charge in [0.25, 0.3) is 0 Å². The number of para-hydroxylation sites is 2. The van der Waals surface area contributed by atoms with Gasteiger partial charge in [0.15, 0.2) is 52.4 Å². The Balaban J connectivity index is 0.850. The van der Waals surface area contributed by atoms with Gasteiger partial charge in [0.05, 0.1) is 68.3 Å². The third-order valence-electron chi connectivity index (χ3n) is 20.0. The van der Waals surface area contributed by atoms with E-state index in [0.29, 0.717) is 80.2 Å². The number of hydrogen-bond donors (Lipinski definition) is 0. The molecule has 19 aromatic rings. The van der Waals surface area contributed by atoms with E-state index in [0.717, 1.165) is 127 Å². The summed E-state index contributed by atoms with van der Waals surface area (Å²) in [5, 5.41) is 34.1. The van der Waals surface area contributed by atoms with Gasteiger partial charge in [-0.1, -0.05) is 224 Å². The Morgan fingerprint density at radius 1 is 0.182 bits per heavy atom. The first-order valence-corrected chi connectivity index (χ1v) is 35.8. The molecule has 0 aliphatic rings. The van der Waals surface area contributed by atoms with Crippen molar-refractivity contribution in [3.8, 4) is 165 Å². The molecule has 0 atom stereocenters. The second-order valence-corrected chi connectivity index (χ2v) is 26.7. The fraction of sp³-hybridized carbons (Fsp3) is 0. The van der Waals surface area contributed by atoms with Gasteiger partial charge in [0, 0.05) is 71.6 Å². The van der Waals surface area contributed by atoms with E-state index >= 15 is 0 Å². The van der Waals surface area contributed by atoms with Gasteiger partial charge >= 0.3 is 0 Å². The summed E-state index contributed by atoms with van der Waals surface area (Å²) in [5.74, 6) is 4.45. The van der Waals surface area contributed by atoms with E-state index in [2.05, 4.69) is 155 Å². The van der Waals surface area contributed by atoms with Crippen molar-refractivity contribution >= 4 is 43.6 Å². The largest absolute Gasteiger partial charge is 0.308 e. The van der Waals surface area contributed by atoms with Crippen molar-refractivity contribution in [3.05, 3.63) is 356 Å². The van der Waals surface area contributed by atoms with Crippen molar-refractivity contribution in [2.24, 2.45) is 0 Å². The smallest absolute Gasteiger partial charge is 0.166 e. The number of benzene rings is 14. The topological polar surface area (TPSA) is 197 Å². The molecular weight excluding hydrogens is 1350 g/mol. The molecule has 0 aliphatic carbocycles. The van der Waals surface area contributed by atoms with Gasteiger partial charge in [-0.15, -0.1) is 0 Å². The SMILES string of the molecule is N#Cc1ccc(-c2cccc(-c3nc(-c4ccc(-c5ccc(C#N)cc5)cc4-n4c5ccccc5c5cc(-c6nc(-c7ccccc7)nc(-c7ccccc7)n6)ccc54)nc(-c4ccc(-c5cccc(C#N)c5)cc4-n4c5ccccc5c5cc(-c6nc(-c7ccccc7)nc(-c7ccccc7)n6)ccc54)n3)c2)cc1. The molecule has 510 valence electrons. The fourth-order valence-corrected chi connectivity index (χ4v) is 14.6. The molecule has 0 saturated heterocycles. The number of rotatable bonds is 14. The molecule has 19 rings (SSSR count). The summed E-state index contributed by atoms with van der Waals surface area (Å²) in [6, 6.07) is 120. The van der Waals surface area contributed by atoms with Crippen LogP contribution in [0, 0.1) is 34.0 Å². The van der Waals surface area contributed by atoms with Crippen LogP contribution < -0.4 is 0 Å². The molecule has 0 spiro atoms. The molecule has 0 amide bonds. The van der Waals surface area contributed by atoms with E-state index in [-0.39, 0.29) is 0 Å². The monoisotopic (exact) mass is 1400 g/mol. The minimum absolute atomic E-state index is 0.381. The zero-order chi connectivity index (χ0) is 73.6. The fourth-order valence-electron chi connectivity index (χ4n) is 14.6. The molecule has 14 heteroatoms. The number of hydrogen-bond acceptors (Lipinski definition) is 12. The second kappa shape index (κ2) is 27.7. The second-order valence-electron chi connectivity index (χ2n) is 26.7. The summed E-state index contributed by atoms with van der Waals surface area (Å²) in [6.07, 6.45) is 0. The molecule has 14 nitrogen and oxygen atoms in total. The van der Waals surface area contributed by atoms with E-state index in [9.17, 15) is 15.8 Å². The minimum Gasteiger partial charge on any atom is -0.308 e. The van der Waals surface area contributed by atoms with Crippen molar-refractivity contribution in [3.63, 3.8) is 0 Å². The van der Waals surface area contributed by atoms with Gasteiger partial charge in [0.2, 0.25) is 0 Å². The van der Waals surface area contributed by atoms with Gasteiger partial charge in [0.1, 0.15) is 0 Å². The normalized spacial score (nSPS) is 11.2. The van der Waals surface area contributed by atoms with Crippen LogP contribution in [-0.2, 0) is 0 Å². The van der Waals surface area contributed by atoms with Crippen LogP contribution in [0.15, 0.2) is 340 Å². The predicted molar refractivity (Wildman–Crippen MR) is 435 cm³/mol. The van der Waals surface area contributed by atoms with Crippen molar-refractivity contribution in [2.45, 2.75) is 0 Å². The predicted octanol–water partition coefficient (Wildman–Crippen LogP) is 22.1. The molecule has 0 aliphatic heterocycles. The first-order valence-electron chi connectivity index (χ1n) is 35.8. The highest BCUT2D eigenvalue weighted by Crippen LogP contribution is 2.44. The quantitative estimate of drug-likeness (QED) is 0.1000. The van der Waals surface area contributed by atoms with Crippen LogP contribution in [0.1, 0.15) is 16.7 Å². The van der Waals surface area contributed by atoms with E-state index in [1.165, 1.54) is 0 Å². The molecule has 0 radical (unpaired) electrons. The van der Waals surface area contributed by atoms with E-state index in [1.807, 2.05) is 212 Å². The van der Waals surface area contributed by atoms with Gasteiger partial charge in [-0.25, -0.2) is 44.9 Å². The number of aromatic nitrogens is 11. The molecule has 5 aromatic heterocycles. The maximum absolute atomic E-state index is 10.3. The third kappa shape index (κ3) is 12.1. The van der Waals surface area contributed by atoms with Crippen molar-refractivity contribution in [1.29, 1.82) is 15.8 Å². The highest BCUT2D eigenvalue weighted by molar-refractivity contribution is 6.12. The van der Waals surface area contributed by atoms with E-state index < -0.39 is 0 Å². The Kier molecular flexibility index (Phi) is 16.3. The highest BCUT2D eigenvalue weighted by atomic mass is 15.1. The van der Waals surface area contributed by atoms with Crippen LogP contribution in [0.2, 0.25) is 0 Å². The zero-order valence-corrected chi connectivity index (χ0v) is 58.6. The molecule has 14 aromatic carbocycles. The lowest BCUT2D eigenvalue weighted by atomic mass is 9.99. The molecule has 110 heavy (non-hydrogen) atoms. The molecule has 0 N–H and O–H groups in total. The number of nitriles is 3. The first-order chi connectivity index (χ1) is 54.3. The average Bonchev–Trinajstić information content (AvgIpc) is 1.56. The summed E-state index contributed by atoms with van der Waals surface area (Å²) in [4.78, 5) is 47.7. The standard InChI is InChI=1S/C96H56N14/c97-57-60-35-39-63(40-36-60)70-29-18-30-73(52-70)92-106-95(78-47-43-71(64-41-37-61(58-98)38-42-64)55-86(78)109-82-33-15-13-31-76(82)80-53-74(45-49-84(80)109)93-102-88(65-20-5-1-6-21-65)100-89(103-93)66-22-7-2-8-23-66)108-96(107-92)79-48-44-72(69-28-17-19-62(51-69)59-99)56-87(79)110-83-34-16-14-32-77(83)81-54-75(46-50-85(81)110)94-104-90(67-24-9-3-10-25-67)101-91(105-94)68-26-11-4-12-27-68/h1-56H. The van der Waals surface area contributed by atoms with Gasteiger partial charge in [-0.2, -0.15) is 15.8 Å². The molecular formula is C96H56N14. The summed E-state index contributed by atoms with van der Waals surface area (Å²) in [6.45, 7) is 0. The molecule has 0 saturated carbocycles.